The fourth-order valence-corrected chi connectivity index (χ4v) is 2.56. The lowest BCUT2D eigenvalue weighted by Gasteiger charge is -2.19. The molecule has 12 heavy (non-hydrogen) atoms. The van der Waals surface area contributed by atoms with Crippen LogP contribution in [0, 0.1) is 0 Å². The van der Waals surface area contributed by atoms with E-state index in [1.807, 2.05) is 0 Å². The molecule has 0 aliphatic carbocycles. The Bertz CT molecular complexity index is 156. The lowest BCUT2D eigenvalue weighted by Crippen LogP contribution is -2.49. The van der Waals surface area contributed by atoms with Gasteiger partial charge in [0.25, 0.3) is 0 Å². The topological polar surface area (TPSA) is 96.2 Å². The Hall–Kier alpha value is 0.247. The Kier molecular flexibility index (Phi) is 5.18. The summed E-state index contributed by atoms with van der Waals surface area (Å²) in [6, 6.07) is 0. The van der Waals surface area contributed by atoms with Gasteiger partial charge in [-0.1, -0.05) is 6.92 Å². The number of rotatable bonds is 5. The van der Waals surface area contributed by atoms with Crippen molar-refractivity contribution in [3.8, 4) is 0 Å². The summed E-state index contributed by atoms with van der Waals surface area (Å²) < 4.78 is 19.5. The van der Waals surface area contributed by atoms with Gasteiger partial charge in [0.05, 0.1) is 0 Å². The molecule has 0 aromatic carbocycles. The third kappa shape index (κ3) is 4.32. The van der Waals surface area contributed by atoms with Gasteiger partial charge in [0, 0.05) is 7.11 Å². The van der Waals surface area contributed by atoms with Gasteiger partial charge in [-0.25, -0.2) is 0 Å². The van der Waals surface area contributed by atoms with Crippen molar-refractivity contribution < 1.29 is 28.0 Å². The molecule has 0 radical (unpaired) electrons. The van der Waals surface area contributed by atoms with Gasteiger partial charge in [-0.05, 0) is 6.42 Å². The minimum Gasteiger partial charge on any atom is -0.388 e. The molecular formula is C4H13O6PSi. The fourth-order valence-electron chi connectivity index (χ4n) is 0.601. The molecule has 0 aromatic rings. The van der Waals surface area contributed by atoms with Crippen LogP contribution in [0.3, 0.4) is 0 Å². The van der Waals surface area contributed by atoms with Crippen LogP contribution < -0.4 is 0 Å². The maximum Gasteiger partial charge on any atom is 0.523 e. The summed E-state index contributed by atoms with van der Waals surface area (Å²) in [7, 11) is -5.89. The second-order valence-electron chi connectivity index (χ2n) is 2.16. The van der Waals surface area contributed by atoms with Gasteiger partial charge < -0.3 is 23.4 Å². The highest BCUT2D eigenvalue weighted by molar-refractivity contribution is 7.33. The quantitative estimate of drug-likeness (QED) is 0.414. The zero-order chi connectivity index (χ0) is 9.78. The SMILES string of the molecule is CCC(O[PH](=O)OC)[Si](O)(O)O. The van der Waals surface area contributed by atoms with Gasteiger partial charge >= 0.3 is 17.1 Å². The lowest BCUT2D eigenvalue weighted by atomic mass is 10.5. The Morgan fingerprint density at radius 1 is 1.50 bits per heavy atom. The second-order valence-corrected chi connectivity index (χ2v) is 5.32. The van der Waals surface area contributed by atoms with E-state index in [2.05, 4.69) is 9.05 Å². The van der Waals surface area contributed by atoms with E-state index in [9.17, 15) is 4.57 Å². The number of hydrogen-bond donors (Lipinski definition) is 3. The summed E-state index contributed by atoms with van der Waals surface area (Å²) in [5, 5.41) is 0. The largest absolute Gasteiger partial charge is 0.523 e. The highest BCUT2D eigenvalue weighted by atomic mass is 31.1. The molecule has 2 unspecified atom stereocenters. The molecule has 0 bridgehead atoms. The zero-order valence-electron chi connectivity index (χ0n) is 6.85. The van der Waals surface area contributed by atoms with Crippen LogP contribution in [-0.4, -0.2) is 36.0 Å². The van der Waals surface area contributed by atoms with Crippen molar-refractivity contribution in [1.29, 1.82) is 0 Å². The molecule has 6 nitrogen and oxygen atoms in total. The summed E-state index contributed by atoms with van der Waals surface area (Å²) in [5.41, 5.74) is -1.19. The third-order valence-electron chi connectivity index (χ3n) is 1.21. The Labute approximate surface area is 72.1 Å². The van der Waals surface area contributed by atoms with Gasteiger partial charge in [0.1, 0.15) is 5.73 Å². The molecule has 0 aliphatic heterocycles. The van der Waals surface area contributed by atoms with E-state index >= 15 is 0 Å². The molecule has 0 amide bonds. The molecule has 0 fully saturated rings. The molecule has 8 heteroatoms. The normalized spacial score (nSPS) is 17.4. The monoisotopic (exact) mass is 216 g/mol. The van der Waals surface area contributed by atoms with Crippen molar-refractivity contribution in [2.24, 2.45) is 0 Å². The van der Waals surface area contributed by atoms with E-state index in [0.29, 0.717) is 0 Å². The third-order valence-corrected chi connectivity index (χ3v) is 3.64. The first kappa shape index (κ1) is 12.2. The molecule has 0 aromatic heterocycles. The molecule has 0 heterocycles. The highest BCUT2D eigenvalue weighted by Gasteiger charge is 2.40. The van der Waals surface area contributed by atoms with E-state index in [-0.39, 0.29) is 6.42 Å². The summed E-state index contributed by atoms with van der Waals surface area (Å²) >= 11 is 0. The molecule has 0 spiro atoms. The molecule has 0 saturated carbocycles. The van der Waals surface area contributed by atoms with Crippen LogP contribution in [0.5, 0.6) is 0 Å². The van der Waals surface area contributed by atoms with Gasteiger partial charge in [-0.15, -0.1) is 0 Å². The first-order valence-corrected chi connectivity index (χ1v) is 6.47. The predicted molar refractivity (Wildman–Crippen MR) is 43.6 cm³/mol. The van der Waals surface area contributed by atoms with Crippen LogP contribution >= 0.6 is 8.25 Å². The van der Waals surface area contributed by atoms with Crippen molar-refractivity contribution in [3.63, 3.8) is 0 Å². The van der Waals surface area contributed by atoms with Crippen molar-refractivity contribution in [2.75, 3.05) is 7.11 Å². The molecule has 0 saturated heterocycles. The van der Waals surface area contributed by atoms with E-state index in [4.69, 9.17) is 14.4 Å². The van der Waals surface area contributed by atoms with Crippen LogP contribution in [-0.2, 0) is 13.6 Å². The van der Waals surface area contributed by atoms with E-state index < -0.39 is 22.8 Å². The van der Waals surface area contributed by atoms with Crippen molar-refractivity contribution in [3.05, 3.63) is 0 Å². The van der Waals surface area contributed by atoms with Crippen LogP contribution in [0.1, 0.15) is 13.3 Å². The Balaban J connectivity index is 4.09. The fraction of sp³-hybridized carbons (Fsp3) is 1.00. The van der Waals surface area contributed by atoms with Gasteiger partial charge in [-0.2, -0.15) is 0 Å². The summed E-state index contributed by atoms with van der Waals surface area (Å²) in [6.45, 7) is 1.57. The van der Waals surface area contributed by atoms with Crippen molar-refractivity contribution >= 4 is 17.1 Å². The minimum absolute atomic E-state index is 0.162. The van der Waals surface area contributed by atoms with Crippen molar-refractivity contribution in [1.82, 2.24) is 0 Å². The number of hydrogen-bond acceptors (Lipinski definition) is 6. The van der Waals surface area contributed by atoms with E-state index in [0.717, 1.165) is 0 Å². The van der Waals surface area contributed by atoms with Gasteiger partial charge in [0.2, 0.25) is 0 Å². The van der Waals surface area contributed by atoms with Crippen LogP contribution in [0.2, 0.25) is 0 Å². The van der Waals surface area contributed by atoms with Crippen LogP contribution in [0.15, 0.2) is 0 Å². The maximum absolute atomic E-state index is 10.7. The van der Waals surface area contributed by atoms with E-state index in [1.165, 1.54) is 7.11 Å². The molecule has 3 N–H and O–H groups in total. The molecule has 74 valence electrons. The molecule has 2 atom stereocenters. The zero-order valence-corrected chi connectivity index (χ0v) is 8.85. The highest BCUT2D eigenvalue weighted by Crippen LogP contribution is 2.27. The summed E-state index contributed by atoms with van der Waals surface area (Å²) in [4.78, 5) is 26.3. The summed E-state index contributed by atoms with van der Waals surface area (Å²) in [6.07, 6.45) is 0.162. The first-order chi connectivity index (χ1) is 5.41. The predicted octanol–water partition coefficient (Wildman–Crippen LogP) is -0.727. The first-order valence-electron chi connectivity index (χ1n) is 3.33. The molecule has 0 rings (SSSR count). The smallest absolute Gasteiger partial charge is 0.388 e. The lowest BCUT2D eigenvalue weighted by molar-refractivity contribution is 0.120. The average molecular weight is 216 g/mol. The van der Waals surface area contributed by atoms with Crippen LogP contribution in [0.4, 0.5) is 0 Å². The van der Waals surface area contributed by atoms with E-state index in [1.54, 1.807) is 6.92 Å². The Morgan fingerprint density at radius 2 is 2.00 bits per heavy atom. The second kappa shape index (κ2) is 5.08. The molecule has 0 aliphatic rings. The standard InChI is InChI=1S/C4H13O6PSi/c1-3-4(12(6,7)8)10-11(5)9-2/h4,6-8,11H,3H2,1-2H3. The van der Waals surface area contributed by atoms with Crippen molar-refractivity contribution in [2.45, 2.75) is 19.1 Å². The van der Waals surface area contributed by atoms with Crippen LogP contribution in [0.25, 0.3) is 0 Å². The maximum atomic E-state index is 10.7. The average Bonchev–Trinajstić information content (AvgIpc) is 1.97. The molecular weight excluding hydrogens is 203 g/mol. The van der Waals surface area contributed by atoms with Gasteiger partial charge in [0.15, 0.2) is 0 Å². The Morgan fingerprint density at radius 3 is 2.25 bits per heavy atom. The minimum atomic E-state index is -4.34. The van der Waals surface area contributed by atoms with Gasteiger partial charge in [-0.3, -0.25) is 4.57 Å². The summed E-state index contributed by atoms with van der Waals surface area (Å²) in [5.74, 6) is 0.